The van der Waals surface area contributed by atoms with Gasteiger partial charge in [0.1, 0.15) is 0 Å². The van der Waals surface area contributed by atoms with E-state index in [9.17, 15) is 0 Å². The molecule has 2 aromatic rings. The number of hydrogen-bond acceptors (Lipinski definition) is 5. The maximum absolute atomic E-state index is 8.86. The zero-order chi connectivity index (χ0) is 15.5. The van der Waals surface area contributed by atoms with E-state index in [-0.39, 0.29) is 0 Å². The summed E-state index contributed by atoms with van der Waals surface area (Å²) in [6, 6.07) is 10.2. The summed E-state index contributed by atoms with van der Waals surface area (Å²) in [5, 5.41) is 17.2. The smallest absolute Gasteiger partial charge is 0.230 e. The summed E-state index contributed by atoms with van der Waals surface area (Å²) in [5.41, 5.74) is 1.86. The van der Waals surface area contributed by atoms with Crippen LogP contribution in [0.1, 0.15) is 55.5 Å². The van der Waals surface area contributed by atoms with Crippen LogP contribution in [0.15, 0.2) is 28.7 Å². The number of hydrogen-bond donors (Lipinski definition) is 0. The summed E-state index contributed by atoms with van der Waals surface area (Å²) in [6.45, 7) is 5.76. The molecule has 0 bridgehead atoms. The summed E-state index contributed by atoms with van der Waals surface area (Å²) in [5.74, 6) is 1.97. The zero-order valence-electron chi connectivity index (χ0n) is 13.0. The number of rotatable bonds is 6. The molecule has 0 radical (unpaired) electrons. The van der Waals surface area contributed by atoms with Crippen LogP contribution < -0.4 is 0 Å². The van der Waals surface area contributed by atoms with Gasteiger partial charge in [-0.15, -0.1) is 10.2 Å². The van der Waals surface area contributed by atoms with E-state index in [1.807, 2.05) is 24.3 Å². The van der Waals surface area contributed by atoms with E-state index in [4.69, 9.17) is 9.68 Å². The minimum absolute atomic E-state index is 0.368. The molecule has 1 aromatic carbocycles. The second kappa shape index (κ2) is 6.29. The highest BCUT2D eigenvalue weighted by molar-refractivity contribution is 5.31. The predicted molar refractivity (Wildman–Crippen MR) is 81.8 cm³/mol. The van der Waals surface area contributed by atoms with Gasteiger partial charge in [-0.2, -0.15) is 5.26 Å². The van der Waals surface area contributed by atoms with Gasteiger partial charge in [0.05, 0.1) is 18.2 Å². The van der Waals surface area contributed by atoms with Gasteiger partial charge >= 0.3 is 0 Å². The van der Waals surface area contributed by atoms with Gasteiger partial charge in [-0.25, -0.2) is 0 Å². The Morgan fingerprint density at radius 2 is 1.95 bits per heavy atom. The van der Waals surface area contributed by atoms with E-state index in [1.165, 1.54) is 18.4 Å². The van der Waals surface area contributed by atoms with Crippen molar-refractivity contribution in [2.75, 3.05) is 0 Å². The van der Waals surface area contributed by atoms with Gasteiger partial charge in [0.2, 0.25) is 11.8 Å². The molecule has 1 saturated carbocycles. The summed E-state index contributed by atoms with van der Waals surface area (Å²) >= 11 is 0. The quantitative estimate of drug-likeness (QED) is 0.818. The van der Waals surface area contributed by atoms with Crippen molar-refractivity contribution >= 4 is 0 Å². The zero-order valence-corrected chi connectivity index (χ0v) is 13.0. The van der Waals surface area contributed by atoms with Gasteiger partial charge in [0.15, 0.2) is 0 Å². The summed E-state index contributed by atoms with van der Waals surface area (Å²) in [4.78, 5) is 2.28. The molecule has 1 aromatic heterocycles. The van der Waals surface area contributed by atoms with Gasteiger partial charge < -0.3 is 4.42 Å². The monoisotopic (exact) mass is 296 g/mol. The lowest BCUT2D eigenvalue weighted by Gasteiger charge is -2.24. The Morgan fingerprint density at radius 3 is 2.55 bits per heavy atom. The summed E-state index contributed by atoms with van der Waals surface area (Å²) in [6.07, 6.45) is 2.33. The van der Waals surface area contributed by atoms with Crippen LogP contribution in [0, 0.1) is 11.3 Å². The first-order chi connectivity index (χ1) is 10.7. The molecule has 1 aliphatic rings. The van der Waals surface area contributed by atoms with Crippen LogP contribution in [0.5, 0.6) is 0 Å². The van der Waals surface area contributed by atoms with Crippen LogP contribution >= 0.6 is 0 Å². The maximum atomic E-state index is 8.86. The van der Waals surface area contributed by atoms with Crippen molar-refractivity contribution in [1.82, 2.24) is 15.1 Å². The third-order valence-electron chi connectivity index (χ3n) is 3.95. The van der Waals surface area contributed by atoms with Crippen LogP contribution in [0.3, 0.4) is 0 Å². The molecule has 114 valence electrons. The Hall–Kier alpha value is -2.19. The summed E-state index contributed by atoms with van der Waals surface area (Å²) < 4.78 is 5.76. The molecule has 0 N–H and O–H groups in total. The molecule has 0 amide bonds. The van der Waals surface area contributed by atoms with E-state index in [0.717, 1.165) is 12.4 Å². The lowest BCUT2D eigenvalue weighted by atomic mass is 10.1. The van der Waals surface area contributed by atoms with Crippen LogP contribution in [-0.4, -0.2) is 21.1 Å². The van der Waals surface area contributed by atoms with Crippen molar-refractivity contribution < 1.29 is 4.42 Å². The third-order valence-corrected chi connectivity index (χ3v) is 3.95. The molecule has 22 heavy (non-hydrogen) atoms. The fourth-order valence-corrected chi connectivity index (χ4v) is 2.34. The number of nitrogens with zero attached hydrogens (tertiary/aromatic N) is 4. The molecule has 5 heteroatoms. The van der Waals surface area contributed by atoms with Crippen LogP contribution in [-0.2, 0) is 13.1 Å². The standard InChI is InChI=1S/C17H20N4O/c1-12(2)21(10-14-5-3-13(9-18)4-6-14)11-16-19-20-17(22-16)15-7-8-15/h3-6,12,15H,7-8,10-11H2,1-2H3. The van der Waals surface area contributed by atoms with Crippen LogP contribution in [0.25, 0.3) is 0 Å². The maximum Gasteiger partial charge on any atom is 0.230 e. The second-order valence-corrected chi connectivity index (χ2v) is 6.12. The molecule has 5 nitrogen and oxygen atoms in total. The van der Waals surface area contributed by atoms with E-state index >= 15 is 0 Å². The van der Waals surface area contributed by atoms with Gasteiger partial charge in [-0.1, -0.05) is 12.1 Å². The Kier molecular flexibility index (Phi) is 4.21. The Bertz CT molecular complexity index is 665. The topological polar surface area (TPSA) is 66.0 Å². The van der Waals surface area contributed by atoms with E-state index in [2.05, 4.69) is 35.0 Å². The normalized spacial score (nSPS) is 14.5. The second-order valence-electron chi connectivity index (χ2n) is 6.12. The summed E-state index contributed by atoms with van der Waals surface area (Å²) in [7, 11) is 0. The molecule has 1 aliphatic carbocycles. The Labute approximate surface area is 130 Å². The molecule has 0 atom stereocenters. The molecule has 0 spiro atoms. The van der Waals surface area contributed by atoms with Gasteiger partial charge in [-0.05, 0) is 44.4 Å². The molecule has 0 saturated heterocycles. The molecule has 0 unspecified atom stereocenters. The first kappa shape index (κ1) is 14.7. The highest BCUT2D eigenvalue weighted by atomic mass is 16.4. The molecule has 0 aliphatic heterocycles. The Balaban J connectivity index is 1.67. The molecule has 1 fully saturated rings. The predicted octanol–water partition coefficient (Wildman–Crippen LogP) is 3.23. The van der Waals surface area contributed by atoms with Gasteiger partial charge in [-0.3, -0.25) is 4.90 Å². The van der Waals surface area contributed by atoms with Crippen LogP contribution in [0.4, 0.5) is 0 Å². The van der Waals surface area contributed by atoms with Gasteiger partial charge in [0.25, 0.3) is 0 Å². The fraction of sp³-hybridized carbons (Fsp3) is 0.471. The van der Waals surface area contributed by atoms with E-state index in [0.29, 0.717) is 30.0 Å². The Morgan fingerprint density at radius 1 is 1.23 bits per heavy atom. The van der Waals surface area contributed by atoms with Crippen molar-refractivity contribution in [2.45, 2.75) is 51.7 Å². The van der Waals surface area contributed by atoms with Crippen molar-refractivity contribution in [2.24, 2.45) is 0 Å². The van der Waals surface area contributed by atoms with Crippen molar-refractivity contribution in [3.8, 4) is 6.07 Å². The molecular formula is C17H20N4O. The average Bonchev–Trinajstić information content (AvgIpc) is 3.27. The SMILES string of the molecule is CC(C)N(Cc1ccc(C#N)cc1)Cc1nnc(C2CC2)o1. The number of aromatic nitrogens is 2. The fourth-order valence-electron chi connectivity index (χ4n) is 2.34. The minimum Gasteiger partial charge on any atom is -0.424 e. The van der Waals surface area contributed by atoms with Crippen molar-refractivity contribution in [3.63, 3.8) is 0 Å². The highest BCUT2D eigenvalue weighted by Crippen LogP contribution is 2.39. The van der Waals surface area contributed by atoms with Crippen molar-refractivity contribution in [3.05, 3.63) is 47.2 Å². The van der Waals surface area contributed by atoms with E-state index < -0.39 is 0 Å². The number of benzene rings is 1. The minimum atomic E-state index is 0.368. The largest absolute Gasteiger partial charge is 0.424 e. The van der Waals surface area contributed by atoms with E-state index in [1.54, 1.807) is 0 Å². The lowest BCUT2D eigenvalue weighted by Crippen LogP contribution is -2.30. The van der Waals surface area contributed by atoms with Crippen molar-refractivity contribution in [1.29, 1.82) is 5.26 Å². The molecular weight excluding hydrogens is 276 g/mol. The average molecular weight is 296 g/mol. The first-order valence-electron chi connectivity index (χ1n) is 7.71. The number of nitriles is 1. The third kappa shape index (κ3) is 3.52. The highest BCUT2D eigenvalue weighted by Gasteiger charge is 2.29. The van der Waals surface area contributed by atoms with Gasteiger partial charge in [0, 0.05) is 18.5 Å². The van der Waals surface area contributed by atoms with Crippen LogP contribution in [0.2, 0.25) is 0 Å². The molecule has 3 rings (SSSR count). The molecule has 1 heterocycles. The first-order valence-corrected chi connectivity index (χ1v) is 7.71. The lowest BCUT2D eigenvalue weighted by molar-refractivity contribution is 0.182.